The van der Waals surface area contributed by atoms with Crippen LogP contribution in [0.15, 0.2) is 22.1 Å². The standard InChI is InChI=1S/C13H16BrN3OS/c1-4-17(8-10-5-6-12(14)19-10)13(18)11-7-15-16(3)9(11)2/h5-7H,4,8H2,1-3H3. The molecule has 1 amide bonds. The van der Waals surface area contributed by atoms with E-state index in [1.54, 1.807) is 22.2 Å². The lowest BCUT2D eigenvalue weighted by Gasteiger charge is -2.19. The molecular weight excluding hydrogens is 326 g/mol. The lowest BCUT2D eigenvalue weighted by atomic mass is 10.2. The van der Waals surface area contributed by atoms with Gasteiger partial charge in [0, 0.05) is 24.2 Å². The summed E-state index contributed by atoms with van der Waals surface area (Å²) in [6.07, 6.45) is 1.64. The summed E-state index contributed by atoms with van der Waals surface area (Å²) in [5.74, 6) is 0.0395. The molecule has 2 aromatic heterocycles. The third-order valence-electron chi connectivity index (χ3n) is 3.11. The molecule has 0 saturated carbocycles. The van der Waals surface area contributed by atoms with Crippen LogP contribution in [-0.4, -0.2) is 27.1 Å². The number of hydrogen-bond donors (Lipinski definition) is 0. The van der Waals surface area contributed by atoms with Crippen LogP contribution in [0.25, 0.3) is 0 Å². The van der Waals surface area contributed by atoms with Crippen LogP contribution in [0.4, 0.5) is 0 Å². The van der Waals surface area contributed by atoms with Gasteiger partial charge in [-0.1, -0.05) is 0 Å². The van der Waals surface area contributed by atoms with Crippen molar-refractivity contribution in [3.05, 3.63) is 38.3 Å². The third kappa shape index (κ3) is 3.06. The van der Waals surface area contributed by atoms with E-state index in [2.05, 4.69) is 21.0 Å². The smallest absolute Gasteiger partial charge is 0.257 e. The van der Waals surface area contributed by atoms with E-state index in [9.17, 15) is 4.79 Å². The summed E-state index contributed by atoms with van der Waals surface area (Å²) in [7, 11) is 1.85. The number of carbonyl (C=O) groups excluding carboxylic acids is 1. The highest BCUT2D eigenvalue weighted by atomic mass is 79.9. The van der Waals surface area contributed by atoms with Gasteiger partial charge in [-0.3, -0.25) is 9.48 Å². The summed E-state index contributed by atoms with van der Waals surface area (Å²) in [5, 5.41) is 4.13. The maximum Gasteiger partial charge on any atom is 0.257 e. The SMILES string of the molecule is CCN(Cc1ccc(Br)s1)C(=O)c1cnn(C)c1C. The van der Waals surface area contributed by atoms with E-state index < -0.39 is 0 Å². The van der Waals surface area contributed by atoms with E-state index in [0.717, 1.165) is 9.48 Å². The summed E-state index contributed by atoms with van der Waals surface area (Å²) in [6, 6.07) is 4.05. The van der Waals surface area contributed by atoms with Gasteiger partial charge in [-0.25, -0.2) is 0 Å². The van der Waals surface area contributed by atoms with Gasteiger partial charge in [0.25, 0.3) is 5.91 Å². The molecule has 102 valence electrons. The van der Waals surface area contributed by atoms with Crippen molar-refractivity contribution in [2.45, 2.75) is 20.4 Å². The number of aromatic nitrogens is 2. The molecule has 6 heteroatoms. The summed E-state index contributed by atoms with van der Waals surface area (Å²) in [5.41, 5.74) is 1.58. The lowest BCUT2D eigenvalue weighted by molar-refractivity contribution is 0.0753. The first kappa shape index (κ1) is 14.3. The molecule has 0 aliphatic heterocycles. The first-order valence-corrected chi connectivity index (χ1v) is 7.66. The fourth-order valence-electron chi connectivity index (χ4n) is 1.83. The molecule has 0 aromatic carbocycles. The molecule has 0 spiro atoms. The maximum atomic E-state index is 12.5. The first-order chi connectivity index (χ1) is 9.02. The fraction of sp³-hybridized carbons (Fsp3) is 0.385. The molecule has 0 atom stereocenters. The monoisotopic (exact) mass is 341 g/mol. The van der Waals surface area contributed by atoms with Gasteiger partial charge in [0.1, 0.15) is 0 Å². The largest absolute Gasteiger partial charge is 0.334 e. The molecule has 0 aliphatic rings. The van der Waals surface area contributed by atoms with Crippen LogP contribution < -0.4 is 0 Å². The molecule has 0 saturated heterocycles. The number of aryl methyl sites for hydroxylation is 1. The minimum absolute atomic E-state index is 0.0395. The Morgan fingerprint density at radius 3 is 2.74 bits per heavy atom. The van der Waals surface area contributed by atoms with E-state index in [1.807, 2.05) is 37.9 Å². The molecule has 0 N–H and O–H groups in total. The predicted octanol–water partition coefficient (Wildman–Crippen LogP) is 3.21. The van der Waals surface area contributed by atoms with Gasteiger partial charge >= 0.3 is 0 Å². The second-order valence-electron chi connectivity index (χ2n) is 4.29. The van der Waals surface area contributed by atoms with Crippen molar-refractivity contribution in [1.82, 2.24) is 14.7 Å². The molecule has 0 bridgehead atoms. The third-order valence-corrected chi connectivity index (χ3v) is 4.72. The zero-order chi connectivity index (χ0) is 14.0. The van der Waals surface area contributed by atoms with Crippen molar-refractivity contribution in [1.29, 1.82) is 0 Å². The van der Waals surface area contributed by atoms with Crippen LogP contribution in [0.3, 0.4) is 0 Å². The Balaban J connectivity index is 2.17. The number of thiophene rings is 1. The molecule has 2 aromatic rings. The molecule has 19 heavy (non-hydrogen) atoms. The van der Waals surface area contributed by atoms with Gasteiger partial charge in [-0.15, -0.1) is 11.3 Å². The number of hydrogen-bond acceptors (Lipinski definition) is 3. The summed E-state index contributed by atoms with van der Waals surface area (Å²) < 4.78 is 2.81. The Morgan fingerprint density at radius 2 is 2.26 bits per heavy atom. The molecule has 0 fully saturated rings. The first-order valence-electron chi connectivity index (χ1n) is 6.05. The Labute approximate surface area is 125 Å². The highest BCUT2D eigenvalue weighted by Crippen LogP contribution is 2.24. The van der Waals surface area contributed by atoms with Crippen molar-refractivity contribution in [3.63, 3.8) is 0 Å². The van der Waals surface area contributed by atoms with Crippen LogP contribution in [0.5, 0.6) is 0 Å². The molecule has 0 radical (unpaired) electrons. The second-order valence-corrected chi connectivity index (χ2v) is 6.84. The van der Waals surface area contributed by atoms with Crippen LogP contribution in [-0.2, 0) is 13.6 Å². The van der Waals surface area contributed by atoms with E-state index in [1.165, 1.54) is 4.88 Å². The molecule has 0 unspecified atom stereocenters. The molecule has 2 heterocycles. The minimum Gasteiger partial charge on any atom is -0.334 e. The van der Waals surface area contributed by atoms with Gasteiger partial charge in [-0.2, -0.15) is 5.10 Å². The minimum atomic E-state index is 0.0395. The van der Waals surface area contributed by atoms with Crippen LogP contribution in [0.1, 0.15) is 27.9 Å². The normalized spacial score (nSPS) is 10.7. The molecule has 4 nitrogen and oxygen atoms in total. The van der Waals surface area contributed by atoms with Crippen molar-refractivity contribution >= 4 is 33.2 Å². The van der Waals surface area contributed by atoms with Crippen LogP contribution >= 0.6 is 27.3 Å². The topological polar surface area (TPSA) is 38.1 Å². The molecule has 0 aliphatic carbocycles. The summed E-state index contributed by atoms with van der Waals surface area (Å²) in [6.45, 7) is 5.23. The van der Waals surface area contributed by atoms with E-state index >= 15 is 0 Å². The number of halogens is 1. The quantitative estimate of drug-likeness (QED) is 0.856. The second kappa shape index (κ2) is 5.88. The highest BCUT2D eigenvalue weighted by molar-refractivity contribution is 9.11. The van der Waals surface area contributed by atoms with Crippen molar-refractivity contribution in [2.75, 3.05) is 6.54 Å². The maximum absolute atomic E-state index is 12.5. The Kier molecular flexibility index (Phi) is 4.42. The van der Waals surface area contributed by atoms with E-state index in [-0.39, 0.29) is 5.91 Å². The van der Waals surface area contributed by atoms with Gasteiger partial charge in [0.15, 0.2) is 0 Å². The number of nitrogens with zero attached hydrogens (tertiary/aromatic N) is 3. The lowest BCUT2D eigenvalue weighted by Crippen LogP contribution is -2.30. The highest BCUT2D eigenvalue weighted by Gasteiger charge is 2.19. The Hall–Kier alpha value is -1.14. The summed E-state index contributed by atoms with van der Waals surface area (Å²) in [4.78, 5) is 15.5. The van der Waals surface area contributed by atoms with Gasteiger partial charge in [-0.05, 0) is 41.9 Å². The van der Waals surface area contributed by atoms with E-state index in [4.69, 9.17) is 0 Å². The van der Waals surface area contributed by atoms with Gasteiger partial charge < -0.3 is 4.90 Å². The Morgan fingerprint density at radius 1 is 1.53 bits per heavy atom. The van der Waals surface area contributed by atoms with Crippen LogP contribution in [0.2, 0.25) is 0 Å². The van der Waals surface area contributed by atoms with E-state index in [0.29, 0.717) is 18.7 Å². The van der Waals surface area contributed by atoms with Gasteiger partial charge in [0.05, 0.1) is 22.1 Å². The summed E-state index contributed by atoms with van der Waals surface area (Å²) >= 11 is 5.10. The van der Waals surface area contributed by atoms with Gasteiger partial charge in [0.2, 0.25) is 0 Å². The van der Waals surface area contributed by atoms with Crippen molar-refractivity contribution < 1.29 is 4.79 Å². The molecule has 2 rings (SSSR count). The van der Waals surface area contributed by atoms with Crippen molar-refractivity contribution in [2.24, 2.45) is 7.05 Å². The Bertz CT molecular complexity index is 590. The van der Waals surface area contributed by atoms with Crippen LogP contribution in [0, 0.1) is 6.92 Å². The average molecular weight is 342 g/mol. The number of rotatable bonds is 4. The fourth-order valence-corrected chi connectivity index (χ4v) is 3.33. The van der Waals surface area contributed by atoms with Crippen molar-refractivity contribution in [3.8, 4) is 0 Å². The number of amides is 1. The average Bonchev–Trinajstić information content (AvgIpc) is 2.94. The number of carbonyl (C=O) groups is 1. The molecular formula is C13H16BrN3OS. The predicted molar refractivity (Wildman–Crippen MR) is 80.4 cm³/mol. The zero-order valence-corrected chi connectivity index (χ0v) is 13.6. The zero-order valence-electron chi connectivity index (χ0n) is 11.2.